The number of carbonyl (C=O) groups is 1. The third kappa shape index (κ3) is 4.91. The minimum absolute atomic E-state index is 0.00548. The normalized spacial score (nSPS) is 11.5. The molecule has 4 aromatic rings. The van der Waals surface area contributed by atoms with Crippen LogP contribution in [0.25, 0.3) is 5.82 Å². The summed E-state index contributed by atoms with van der Waals surface area (Å²) >= 11 is 1.32. The molecule has 1 amide bonds. The monoisotopic (exact) mass is 499 g/mol. The lowest BCUT2D eigenvalue weighted by atomic mass is 10.1. The molecule has 3 aromatic heterocycles. The Morgan fingerprint density at radius 2 is 2.03 bits per heavy atom. The van der Waals surface area contributed by atoms with E-state index in [0.717, 1.165) is 5.56 Å². The van der Waals surface area contributed by atoms with E-state index in [1.54, 1.807) is 50.2 Å². The third-order valence-corrected chi connectivity index (χ3v) is 5.85. The number of amides is 1. The largest absolute Gasteiger partial charge is 0.493 e. The van der Waals surface area contributed by atoms with E-state index in [2.05, 4.69) is 46.0 Å². The molecule has 0 aliphatic rings. The molecular formula is C19H21N11O4S. The van der Waals surface area contributed by atoms with Crippen molar-refractivity contribution in [2.75, 3.05) is 20.0 Å². The van der Waals surface area contributed by atoms with E-state index in [1.807, 2.05) is 0 Å². The van der Waals surface area contributed by atoms with Crippen molar-refractivity contribution in [2.24, 2.45) is 12.1 Å². The van der Waals surface area contributed by atoms with E-state index >= 15 is 0 Å². The van der Waals surface area contributed by atoms with Crippen molar-refractivity contribution < 1.29 is 18.9 Å². The molecule has 1 aromatic carbocycles. The Balaban J connectivity index is 1.60. The van der Waals surface area contributed by atoms with Crippen molar-refractivity contribution >= 4 is 29.2 Å². The molecule has 3 N–H and O–H groups in total. The number of nitrogens with one attached hydrogen (secondary N) is 1. The molecule has 35 heavy (non-hydrogen) atoms. The van der Waals surface area contributed by atoms with Crippen LogP contribution in [0.4, 0.5) is 5.82 Å². The van der Waals surface area contributed by atoms with Crippen LogP contribution in [0.3, 0.4) is 0 Å². The summed E-state index contributed by atoms with van der Waals surface area (Å²) in [6, 6.07) is 5.30. The molecule has 0 fully saturated rings. The number of hydrogen-bond donors (Lipinski definition) is 2. The predicted molar refractivity (Wildman–Crippen MR) is 123 cm³/mol. The number of methoxy groups -OCH3 is 2. The van der Waals surface area contributed by atoms with Gasteiger partial charge in [-0.05, 0) is 35.4 Å². The van der Waals surface area contributed by atoms with Crippen molar-refractivity contribution in [2.45, 2.75) is 17.8 Å². The number of ether oxygens (including phenoxy) is 2. The summed E-state index contributed by atoms with van der Waals surface area (Å²) in [6.07, 6.45) is 1.57. The van der Waals surface area contributed by atoms with Crippen molar-refractivity contribution in [1.29, 1.82) is 0 Å². The first kappa shape index (κ1) is 23.7. The molecule has 0 unspecified atom stereocenters. The van der Waals surface area contributed by atoms with Gasteiger partial charge in [-0.3, -0.25) is 4.79 Å². The number of aryl methyl sites for hydroxylation is 1. The van der Waals surface area contributed by atoms with Gasteiger partial charge in [0.2, 0.25) is 11.6 Å². The van der Waals surface area contributed by atoms with E-state index < -0.39 is 5.91 Å². The number of hydrogen-bond acceptors (Lipinski definition) is 13. The summed E-state index contributed by atoms with van der Waals surface area (Å²) in [5.41, 5.74) is 9.99. The summed E-state index contributed by atoms with van der Waals surface area (Å²) in [5, 5.41) is 28.0. The average Bonchev–Trinajstić information content (AvgIpc) is 3.59. The second-order valence-corrected chi connectivity index (χ2v) is 7.93. The SMILES string of the molecule is COc1ccc(C(C)=NNC(=O)c2nnn(-c3nonc3N)c2CSc2nncn2C)cc1OC. The van der Waals surface area contributed by atoms with E-state index in [4.69, 9.17) is 15.2 Å². The van der Waals surface area contributed by atoms with Crippen LogP contribution >= 0.6 is 11.8 Å². The molecule has 0 saturated carbocycles. The van der Waals surface area contributed by atoms with Crippen LogP contribution in [0, 0.1) is 0 Å². The first-order valence-electron chi connectivity index (χ1n) is 9.99. The van der Waals surface area contributed by atoms with Crippen LogP contribution in [-0.2, 0) is 12.8 Å². The second-order valence-electron chi connectivity index (χ2n) is 6.99. The lowest BCUT2D eigenvalue weighted by molar-refractivity contribution is 0.0949. The minimum Gasteiger partial charge on any atom is -0.493 e. The maximum atomic E-state index is 13.0. The van der Waals surface area contributed by atoms with E-state index in [-0.39, 0.29) is 23.1 Å². The lowest BCUT2D eigenvalue weighted by Crippen LogP contribution is -2.21. The van der Waals surface area contributed by atoms with E-state index in [0.29, 0.717) is 28.1 Å². The number of nitrogens with zero attached hydrogens (tertiary/aromatic N) is 9. The molecule has 182 valence electrons. The Hall–Kier alpha value is -4.47. The maximum Gasteiger partial charge on any atom is 0.293 e. The second kappa shape index (κ2) is 10.2. The zero-order valence-corrected chi connectivity index (χ0v) is 20.0. The lowest BCUT2D eigenvalue weighted by Gasteiger charge is -2.09. The van der Waals surface area contributed by atoms with Gasteiger partial charge in [-0.25, -0.2) is 10.1 Å². The van der Waals surface area contributed by atoms with Gasteiger partial charge >= 0.3 is 0 Å². The van der Waals surface area contributed by atoms with Crippen LogP contribution in [0.5, 0.6) is 11.5 Å². The van der Waals surface area contributed by atoms with Crippen molar-refractivity contribution in [3.05, 3.63) is 41.5 Å². The number of anilines is 1. The molecule has 0 spiro atoms. The predicted octanol–water partition coefficient (Wildman–Crippen LogP) is 0.824. The summed E-state index contributed by atoms with van der Waals surface area (Å²) in [4.78, 5) is 13.0. The number of aromatic nitrogens is 8. The van der Waals surface area contributed by atoms with Gasteiger partial charge in [0, 0.05) is 18.4 Å². The van der Waals surface area contributed by atoms with Gasteiger partial charge in [-0.2, -0.15) is 9.78 Å². The van der Waals surface area contributed by atoms with Crippen molar-refractivity contribution in [3.63, 3.8) is 0 Å². The topological polar surface area (TPSA) is 186 Å². The summed E-state index contributed by atoms with van der Waals surface area (Å²) in [6.45, 7) is 1.74. The van der Waals surface area contributed by atoms with Gasteiger partial charge in [0.25, 0.3) is 5.91 Å². The highest BCUT2D eigenvalue weighted by Gasteiger charge is 2.24. The molecule has 16 heteroatoms. The highest BCUT2D eigenvalue weighted by Crippen LogP contribution is 2.28. The van der Waals surface area contributed by atoms with Gasteiger partial charge in [-0.15, -0.1) is 15.3 Å². The molecule has 0 aliphatic carbocycles. The van der Waals surface area contributed by atoms with Gasteiger partial charge in [0.1, 0.15) is 6.33 Å². The smallest absolute Gasteiger partial charge is 0.293 e. The Morgan fingerprint density at radius 3 is 2.69 bits per heavy atom. The van der Waals surface area contributed by atoms with Gasteiger partial charge in [0.05, 0.1) is 25.6 Å². The van der Waals surface area contributed by atoms with Gasteiger partial charge in [0.15, 0.2) is 22.3 Å². The fourth-order valence-electron chi connectivity index (χ4n) is 2.97. The third-order valence-electron chi connectivity index (χ3n) is 4.81. The number of rotatable bonds is 9. The van der Waals surface area contributed by atoms with Gasteiger partial charge in [-0.1, -0.05) is 17.0 Å². The standard InChI is InChI=1S/C19H21N11O4S/c1-10(11-5-6-13(32-3)14(7-11)33-4)22-24-18(31)15-12(8-35-19-25-21-9-29(19)2)30(28-23-15)17-16(20)26-34-27-17/h5-7,9H,8H2,1-4H3,(H2,20,26)(H,24,31). The molecule has 0 bridgehead atoms. The minimum atomic E-state index is -0.584. The quantitative estimate of drug-likeness (QED) is 0.188. The average molecular weight is 500 g/mol. The zero-order chi connectivity index (χ0) is 24.9. The molecule has 0 radical (unpaired) electrons. The van der Waals surface area contributed by atoms with Crippen LogP contribution in [0.15, 0.2) is 39.4 Å². The fraction of sp³-hybridized carbons (Fsp3) is 0.263. The van der Waals surface area contributed by atoms with Crippen LogP contribution in [0.2, 0.25) is 0 Å². The first-order valence-corrected chi connectivity index (χ1v) is 11.0. The van der Waals surface area contributed by atoms with E-state index in [1.165, 1.54) is 23.6 Å². The summed E-state index contributed by atoms with van der Waals surface area (Å²) in [7, 11) is 4.89. The molecule has 0 aliphatic heterocycles. The summed E-state index contributed by atoms with van der Waals surface area (Å²) < 4.78 is 18.3. The van der Waals surface area contributed by atoms with E-state index in [9.17, 15) is 4.79 Å². The number of carbonyl (C=O) groups excluding carboxylic acids is 1. The molecule has 0 saturated heterocycles. The Morgan fingerprint density at radius 1 is 1.23 bits per heavy atom. The van der Waals surface area contributed by atoms with Crippen LogP contribution < -0.4 is 20.6 Å². The van der Waals surface area contributed by atoms with Crippen molar-refractivity contribution in [3.8, 4) is 17.3 Å². The number of nitrogens with two attached hydrogens (primary N) is 1. The first-order chi connectivity index (χ1) is 16.9. The number of hydrazone groups is 1. The number of benzene rings is 1. The fourth-order valence-corrected chi connectivity index (χ4v) is 3.85. The number of nitrogen functional groups attached to an aromatic ring is 1. The molecule has 15 nitrogen and oxygen atoms in total. The zero-order valence-electron chi connectivity index (χ0n) is 19.2. The molecule has 3 heterocycles. The Bertz CT molecular complexity index is 1380. The molecular weight excluding hydrogens is 478 g/mol. The molecule has 4 rings (SSSR count). The number of thioether (sulfide) groups is 1. The van der Waals surface area contributed by atoms with Crippen LogP contribution in [0.1, 0.15) is 28.7 Å². The van der Waals surface area contributed by atoms with Crippen molar-refractivity contribution in [1.82, 2.24) is 45.5 Å². The Kier molecular flexibility index (Phi) is 6.91. The van der Waals surface area contributed by atoms with Gasteiger partial charge < -0.3 is 19.8 Å². The maximum absolute atomic E-state index is 13.0. The highest BCUT2D eigenvalue weighted by atomic mass is 32.2. The highest BCUT2D eigenvalue weighted by molar-refractivity contribution is 7.98. The Labute approximate surface area is 202 Å². The molecule has 0 atom stereocenters. The summed E-state index contributed by atoms with van der Waals surface area (Å²) in [5.74, 6) is 0.878. The van der Waals surface area contributed by atoms with Crippen LogP contribution in [-0.4, -0.2) is 65.9 Å².